The van der Waals surface area contributed by atoms with Gasteiger partial charge in [-0.05, 0) is 24.3 Å². The maximum absolute atomic E-state index is 9.87. The lowest BCUT2D eigenvalue weighted by atomic mass is 9.85. The summed E-state index contributed by atoms with van der Waals surface area (Å²) in [7, 11) is 0. The van der Waals surface area contributed by atoms with E-state index in [1.54, 1.807) is 30.6 Å². The standard InChI is InChI=1S/C24H24ClN7O2/c1-24(14-33)13-29-22-17(24)8-16(12-28-22)19-2-3-27-23(30-19)31-20-9-15(11-26)21(10-18(20)25)32-4-6-34-7-5-32/h2-3,8-10,12,33H,4-7,13-14H2,1H3,(H,28,29)(H,27,30,31). The van der Waals surface area contributed by atoms with Crippen LogP contribution in [-0.2, 0) is 10.2 Å². The zero-order valence-corrected chi connectivity index (χ0v) is 19.4. The molecule has 0 saturated carbocycles. The highest BCUT2D eigenvalue weighted by atomic mass is 35.5. The Kier molecular flexibility index (Phi) is 5.96. The average molecular weight is 478 g/mol. The van der Waals surface area contributed by atoms with Gasteiger partial charge in [0.05, 0.1) is 47.5 Å². The summed E-state index contributed by atoms with van der Waals surface area (Å²) in [5.41, 5.74) is 3.93. The van der Waals surface area contributed by atoms with E-state index < -0.39 is 5.41 Å². The smallest absolute Gasteiger partial charge is 0.227 e. The third-order valence-electron chi connectivity index (χ3n) is 6.29. The molecule has 174 valence electrons. The van der Waals surface area contributed by atoms with E-state index in [2.05, 4.69) is 36.6 Å². The molecule has 2 aromatic heterocycles. The molecule has 34 heavy (non-hydrogen) atoms. The van der Waals surface area contributed by atoms with Crippen molar-refractivity contribution in [2.45, 2.75) is 12.3 Å². The van der Waals surface area contributed by atoms with Gasteiger partial charge in [-0.15, -0.1) is 0 Å². The zero-order valence-electron chi connectivity index (χ0n) is 18.7. The quantitative estimate of drug-likeness (QED) is 0.508. The molecule has 0 spiro atoms. The Morgan fingerprint density at radius 1 is 1.29 bits per heavy atom. The molecule has 3 N–H and O–H groups in total. The molecule has 9 nitrogen and oxygen atoms in total. The highest BCUT2D eigenvalue weighted by molar-refractivity contribution is 6.33. The molecule has 2 aliphatic rings. The van der Waals surface area contributed by atoms with Gasteiger partial charge in [0.2, 0.25) is 5.95 Å². The molecule has 1 aromatic carbocycles. The van der Waals surface area contributed by atoms with Gasteiger partial charge in [-0.2, -0.15) is 5.26 Å². The molecule has 1 fully saturated rings. The van der Waals surface area contributed by atoms with E-state index in [1.165, 1.54) is 0 Å². The van der Waals surface area contributed by atoms with Gasteiger partial charge in [0.15, 0.2) is 0 Å². The summed E-state index contributed by atoms with van der Waals surface area (Å²) in [4.78, 5) is 15.6. The van der Waals surface area contributed by atoms with E-state index in [0.29, 0.717) is 60.8 Å². The monoisotopic (exact) mass is 477 g/mol. The Bertz CT molecular complexity index is 1270. The number of nitrogens with zero attached hydrogens (tertiary/aromatic N) is 5. The summed E-state index contributed by atoms with van der Waals surface area (Å²) >= 11 is 6.57. The first kappa shape index (κ1) is 22.3. The van der Waals surface area contributed by atoms with Crippen LogP contribution >= 0.6 is 11.6 Å². The number of aromatic nitrogens is 3. The minimum Gasteiger partial charge on any atom is -0.395 e. The van der Waals surface area contributed by atoms with Crippen LogP contribution in [-0.4, -0.2) is 59.5 Å². The van der Waals surface area contributed by atoms with Crippen molar-refractivity contribution in [3.8, 4) is 17.3 Å². The first-order valence-electron chi connectivity index (χ1n) is 11.0. The molecule has 5 rings (SSSR count). The number of rotatable bonds is 5. The number of ether oxygens (including phenoxy) is 1. The van der Waals surface area contributed by atoms with Crippen molar-refractivity contribution in [1.29, 1.82) is 5.26 Å². The summed E-state index contributed by atoms with van der Waals surface area (Å²) in [5.74, 6) is 1.13. The number of nitrogens with one attached hydrogen (secondary N) is 2. The van der Waals surface area contributed by atoms with Gasteiger partial charge in [-0.1, -0.05) is 18.5 Å². The van der Waals surface area contributed by atoms with E-state index in [4.69, 9.17) is 16.3 Å². The molecule has 0 amide bonds. The maximum atomic E-state index is 9.87. The van der Waals surface area contributed by atoms with Crippen molar-refractivity contribution in [3.05, 3.63) is 52.8 Å². The molecule has 3 aromatic rings. The number of benzene rings is 1. The van der Waals surface area contributed by atoms with E-state index in [0.717, 1.165) is 22.6 Å². The number of morpholine rings is 1. The third kappa shape index (κ3) is 4.12. The second kappa shape index (κ2) is 9.06. The molecule has 10 heteroatoms. The fourth-order valence-corrected chi connectivity index (χ4v) is 4.44. The largest absolute Gasteiger partial charge is 0.395 e. The highest BCUT2D eigenvalue weighted by Crippen LogP contribution is 2.37. The second-order valence-electron chi connectivity index (χ2n) is 8.64. The lowest BCUT2D eigenvalue weighted by Gasteiger charge is -2.30. The molecule has 0 bridgehead atoms. The zero-order chi connectivity index (χ0) is 23.7. The molecule has 0 aliphatic carbocycles. The summed E-state index contributed by atoms with van der Waals surface area (Å²) < 4.78 is 5.41. The molecule has 0 radical (unpaired) electrons. The van der Waals surface area contributed by atoms with Crippen LogP contribution in [0.4, 0.5) is 23.1 Å². The predicted octanol–water partition coefficient (Wildman–Crippen LogP) is 3.32. The first-order chi connectivity index (χ1) is 16.5. The predicted molar refractivity (Wildman–Crippen MR) is 131 cm³/mol. The molecular weight excluding hydrogens is 454 g/mol. The average Bonchev–Trinajstić information content (AvgIpc) is 3.22. The lowest BCUT2D eigenvalue weighted by molar-refractivity contribution is 0.122. The molecule has 4 heterocycles. The van der Waals surface area contributed by atoms with Crippen molar-refractivity contribution in [1.82, 2.24) is 15.0 Å². The van der Waals surface area contributed by atoms with Gasteiger partial charge >= 0.3 is 0 Å². The van der Waals surface area contributed by atoms with Crippen LogP contribution in [0.25, 0.3) is 11.3 Å². The molecule has 1 atom stereocenters. The van der Waals surface area contributed by atoms with E-state index in [1.807, 2.05) is 13.0 Å². The molecular formula is C24H24ClN7O2. The van der Waals surface area contributed by atoms with Gasteiger partial charge in [0.1, 0.15) is 11.9 Å². The summed E-state index contributed by atoms with van der Waals surface area (Å²) in [5, 5.41) is 26.4. The number of pyridine rings is 1. The van der Waals surface area contributed by atoms with Crippen LogP contribution in [0.3, 0.4) is 0 Å². The number of halogens is 1. The summed E-state index contributed by atoms with van der Waals surface area (Å²) in [6.07, 6.45) is 3.40. The van der Waals surface area contributed by atoms with Gasteiger partial charge < -0.3 is 25.4 Å². The normalized spacial score (nSPS) is 19.3. The van der Waals surface area contributed by atoms with Crippen molar-refractivity contribution in [3.63, 3.8) is 0 Å². The Labute approximate surface area is 202 Å². The van der Waals surface area contributed by atoms with Crippen LogP contribution in [0.1, 0.15) is 18.1 Å². The van der Waals surface area contributed by atoms with Crippen LogP contribution in [0.15, 0.2) is 36.7 Å². The Balaban J connectivity index is 1.43. The van der Waals surface area contributed by atoms with E-state index >= 15 is 0 Å². The summed E-state index contributed by atoms with van der Waals surface area (Å²) in [6, 6.07) is 9.59. The SMILES string of the molecule is CC1(CO)CNc2ncc(-c3ccnc(Nc4cc(C#N)c(N5CCOCC5)cc4Cl)n3)cc21. The van der Waals surface area contributed by atoms with Gasteiger partial charge in [-0.3, -0.25) is 0 Å². The number of anilines is 4. The Morgan fingerprint density at radius 3 is 2.88 bits per heavy atom. The lowest BCUT2D eigenvalue weighted by Crippen LogP contribution is -2.36. The van der Waals surface area contributed by atoms with E-state index in [-0.39, 0.29) is 6.61 Å². The van der Waals surface area contributed by atoms with Crippen LogP contribution < -0.4 is 15.5 Å². The van der Waals surface area contributed by atoms with Crippen molar-refractivity contribution in [2.75, 3.05) is 55.0 Å². The molecule has 1 unspecified atom stereocenters. The summed E-state index contributed by atoms with van der Waals surface area (Å²) in [6.45, 7) is 5.31. The highest BCUT2D eigenvalue weighted by Gasteiger charge is 2.35. The van der Waals surface area contributed by atoms with E-state index in [9.17, 15) is 10.4 Å². The van der Waals surface area contributed by atoms with Gasteiger partial charge in [0, 0.05) is 48.6 Å². The first-order valence-corrected chi connectivity index (χ1v) is 11.4. The van der Waals surface area contributed by atoms with Crippen molar-refractivity contribution in [2.24, 2.45) is 0 Å². The van der Waals surface area contributed by atoms with Crippen molar-refractivity contribution < 1.29 is 9.84 Å². The number of hydrogen-bond acceptors (Lipinski definition) is 9. The Hall–Kier alpha value is -3.45. The maximum Gasteiger partial charge on any atom is 0.227 e. The van der Waals surface area contributed by atoms with Gasteiger partial charge in [0.25, 0.3) is 0 Å². The van der Waals surface area contributed by atoms with Crippen LogP contribution in [0, 0.1) is 11.3 Å². The second-order valence-corrected chi connectivity index (χ2v) is 9.05. The topological polar surface area (TPSA) is 119 Å². The van der Waals surface area contributed by atoms with Crippen LogP contribution in [0.2, 0.25) is 5.02 Å². The molecule has 2 aliphatic heterocycles. The third-order valence-corrected chi connectivity index (χ3v) is 6.60. The Morgan fingerprint density at radius 2 is 2.12 bits per heavy atom. The molecule has 1 saturated heterocycles. The van der Waals surface area contributed by atoms with Crippen LogP contribution in [0.5, 0.6) is 0 Å². The number of fused-ring (bicyclic) bond motifs is 1. The van der Waals surface area contributed by atoms with Crippen molar-refractivity contribution >= 4 is 34.7 Å². The number of aliphatic hydroxyl groups excluding tert-OH is 1. The fraction of sp³-hybridized carbons (Fsp3) is 0.333. The minimum atomic E-state index is -0.393. The number of nitriles is 1. The minimum absolute atomic E-state index is 0.0227. The fourth-order valence-electron chi connectivity index (χ4n) is 4.24. The number of aliphatic hydroxyl groups is 1. The van der Waals surface area contributed by atoms with Gasteiger partial charge in [-0.25, -0.2) is 15.0 Å². The number of hydrogen-bond donors (Lipinski definition) is 3.